The number of aromatic nitrogens is 1. The molecule has 0 saturated heterocycles. The van der Waals surface area contributed by atoms with Crippen molar-refractivity contribution in [1.82, 2.24) is 4.98 Å². The molecule has 0 N–H and O–H groups in total. The third kappa shape index (κ3) is 3.88. The van der Waals surface area contributed by atoms with Crippen LogP contribution in [0.3, 0.4) is 0 Å². The Kier molecular flexibility index (Phi) is 5.05. The number of amides is 1. The smallest absolute Gasteiger partial charge is 0.326 e. The van der Waals surface area contributed by atoms with Crippen molar-refractivity contribution in [1.29, 1.82) is 0 Å². The van der Waals surface area contributed by atoms with Crippen LogP contribution in [-0.2, 0) is 20.9 Å². The minimum absolute atomic E-state index is 0.105. The largest absolute Gasteiger partial charge is 0.491 e. The van der Waals surface area contributed by atoms with E-state index in [0.29, 0.717) is 17.2 Å². The number of esters is 1. The SMILES string of the molecule is O=C(CN1C(=O)CCOc2ccccc21)OCc1ncc(-c2ccccc2)o1. The maximum Gasteiger partial charge on any atom is 0.326 e. The van der Waals surface area contributed by atoms with Crippen molar-refractivity contribution >= 4 is 17.6 Å². The summed E-state index contributed by atoms with van der Waals surface area (Å²) < 4.78 is 16.4. The highest BCUT2D eigenvalue weighted by Gasteiger charge is 2.25. The van der Waals surface area contributed by atoms with E-state index in [1.807, 2.05) is 36.4 Å². The van der Waals surface area contributed by atoms with Gasteiger partial charge in [0.25, 0.3) is 0 Å². The average Bonchev–Trinajstić information content (AvgIpc) is 3.15. The molecule has 1 amide bonds. The van der Waals surface area contributed by atoms with E-state index in [1.165, 1.54) is 4.90 Å². The number of carbonyl (C=O) groups excluding carboxylic acids is 2. The Morgan fingerprint density at radius 2 is 1.89 bits per heavy atom. The fourth-order valence-electron chi connectivity index (χ4n) is 2.92. The van der Waals surface area contributed by atoms with E-state index in [4.69, 9.17) is 13.9 Å². The second kappa shape index (κ2) is 7.96. The van der Waals surface area contributed by atoms with Gasteiger partial charge in [-0.05, 0) is 12.1 Å². The lowest BCUT2D eigenvalue weighted by molar-refractivity contribution is -0.144. The first kappa shape index (κ1) is 17.8. The topological polar surface area (TPSA) is 81.9 Å². The van der Waals surface area contributed by atoms with Gasteiger partial charge in [0, 0.05) is 5.56 Å². The summed E-state index contributed by atoms with van der Waals surface area (Å²) in [4.78, 5) is 30.2. The van der Waals surface area contributed by atoms with Crippen molar-refractivity contribution in [2.75, 3.05) is 18.1 Å². The maximum absolute atomic E-state index is 12.4. The summed E-state index contributed by atoms with van der Waals surface area (Å²) >= 11 is 0. The highest BCUT2D eigenvalue weighted by atomic mass is 16.5. The number of benzene rings is 2. The number of rotatable bonds is 5. The van der Waals surface area contributed by atoms with Gasteiger partial charge in [-0.1, -0.05) is 42.5 Å². The van der Waals surface area contributed by atoms with Gasteiger partial charge in [-0.3, -0.25) is 14.5 Å². The van der Waals surface area contributed by atoms with Gasteiger partial charge in [0.05, 0.1) is 24.9 Å². The van der Waals surface area contributed by atoms with Gasteiger partial charge >= 0.3 is 5.97 Å². The Labute approximate surface area is 161 Å². The molecule has 0 saturated carbocycles. The monoisotopic (exact) mass is 378 g/mol. The second-order valence-electron chi connectivity index (χ2n) is 6.19. The van der Waals surface area contributed by atoms with Crippen LogP contribution in [-0.4, -0.2) is 30.0 Å². The first-order valence-corrected chi connectivity index (χ1v) is 8.88. The molecule has 4 rings (SSSR count). The van der Waals surface area contributed by atoms with Crippen molar-refractivity contribution in [2.24, 2.45) is 0 Å². The Hall–Kier alpha value is -3.61. The third-order valence-electron chi connectivity index (χ3n) is 4.29. The Morgan fingerprint density at radius 3 is 2.75 bits per heavy atom. The maximum atomic E-state index is 12.4. The molecule has 1 aliphatic rings. The molecule has 3 aromatic rings. The van der Waals surface area contributed by atoms with E-state index in [1.54, 1.807) is 24.4 Å². The standard InChI is InChI=1S/C21H18N2O5/c24-20-10-11-26-17-9-5-4-8-16(17)23(20)13-21(25)27-14-19-22-12-18(28-19)15-6-2-1-3-7-15/h1-9,12H,10-11,13-14H2. The average molecular weight is 378 g/mol. The van der Waals surface area contributed by atoms with Crippen LogP contribution in [0.15, 0.2) is 65.2 Å². The molecule has 2 heterocycles. The summed E-state index contributed by atoms with van der Waals surface area (Å²) in [5.41, 5.74) is 1.45. The quantitative estimate of drug-likeness (QED) is 0.634. The molecule has 1 aliphatic heterocycles. The summed E-state index contributed by atoms with van der Waals surface area (Å²) in [6, 6.07) is 16.6. The van der Waals surface area contributed by atoms with Gasteiger partial charge < -0.3 is 13.9 Å². The van der Waals surface area contributed by atoms with Crippen molar-refractivity contribution in [2.45, 2.75) is 13.0 Å². The molecular weight excluding hydrogens is 360 g/mol. The third-order valence-corrected chi connectivity index (χ3v) is 4.29. The molecule has 1 aromatic heterocycles. The molecule has 0 atom stereocenters. The molecule has 2 aromatic carbocycles. The molecule has 0 fully saturated rings. The first-order chi connectivity index (χ1) is 13.7. The molecule has 28 heavy (non-hydrogen) atoms. The van der Waals surface area contributed by atoms with Crippen LogP contribution >= 0.6 is 0 Å². The van der Waals surface area contributed by atoms with Crippen LogP contribution in [0.2, 0.25) is 0 Å². The number of anilines is 1. The van der Waals surface area contributed by atoms with E-state index in [2.05, 4.69) is 4.98 Å². The molecule has 0 aliphatic carbocycles. The van der Waals surface area contributed by atoms with Crippen molar-refractivity contribution in [3.05, 3.63) is 66.7 Å². The van der Waals surface area contributed by atoms with Gasteiger partial charge in [-0.15, -0.1) is 0 Å². The van der Waals surface area contributed by atoms with E-state index in [9.17, 15) is 9.59 Å². The first-order valence-electron chi connectivity index (χ1n) is 8.88. The summed E-state index contributed by atoms with van der Waals surface area (Å²) in [7, 11) is 0. The predicted molar refractivity (Wildman–Crippen MR) is 101 cm³/mol. The van der Waals surface area contributed by atoms with Gasteiger partial charge in [0.2, 0.25) is 11.8 Å². The van der Waals surface area contributed by atoms with E-state index in [-0.39, 0.29) is 38.0 Å². The zero-order valence-corrected chi connectivity index (χ0v) is 15.0. The van der Waals surface area contributed by atoms with Gasteiger partial charge in [-0.25, -0.2) is 4.98 Å². The number of ether oxygens (including phenoxy) is 2. The number of hydrogen-bond acceptors (Lipinski definition) is 6. The minimum Gasteiger partial charge on any atom is -0.491 e. The Bertz CT molecular complexity index is 983. The lowest BCUT2D eigenvalue weighted by atomic mass is 10.2. The minimum atomic E-state index is -0.551. The summed E-state index contributed by atoms with van der Waals surface area (Å²) in [5.74, 6) is 0.716. The molecule has 0 unspecified atom stereocenters. The van der Waals surface area contributed by atoms with Gasteiger partial charge in [0.15, 0.2) is 12.4 Å². The van der Waals surface area contributed by atoms with Crippen molar-refractivity contribution in [3.63, 3.8) is 0 Å². The van der Waals surface area contributed by atoms with Crippen LogP contribution < -0.4 is 9.64 Å². The fourth-order valence-corrected chi connectivity index (χ4v) is 2.92. The predicted octanol–water partition coefficient (Wildman–Crippen LogP) is 3.20. The summed E-state index contributed by atoms with van der Waals surface area (Å²) in [6.07, 6.45) is 1.78. The molecule has 7 heteroatoms. The van der Waals surface area contributed by atoms with Crippen LogP contribution in [0.25, 0.3) is 11.3 Å². The van der Waals surface area contributed by atoms with Crippen LogP contribution in [0, 0.1) is 0 Å². The Balaban J connectivity index is 1.40. The number of carbonyl (C=O) groups is 2. The molecule has 0 radical (unpaired) electrons. The second-order valence-corrected chi connectivity index (χ2v) is 6.19. The van der Waals surface area contributed by atoms with Gasteiger partial charge in [0.1, 0.15) is 12.3 Å². The number of nitrogens with zero attached hydrogens (tertiary/aromatic N) is 2. The number of hydrogen-bond donors (Lipinski definition) is 0. The molecule has 0 spiro atoms. The van der Waals surface area contributed by atoms with E-state index in [0.717, 1.165) is 5.56 Å². The van der Waals surface area contributed by atoms with E-state index >= 15 is 0 Å². The van der Waals surface area contributed by atoms with Gasteiger partial charge in [-0.2, -0.15) is 0 Å². The molecule has 7 nitrogen and oxygen atoms in total. The summed E-state index contributed by atoms with van der Waals surface area (Å²) in [5, 5.41) is 0. The number of oxazole rings is 1. The number of fused-ring (bicyclic) bond motifs is 1. The number of para-hydroxylation sites is 2. The molecular formula is C21H18N2O5. The lowest BCUT2D eigenvalue weighted by Gasteiger charge is -2.20. The normalized spacial score (nSPS) is 13.4. The fraction of sp³-hybridized carbons (Fsp3) is 0.190. The van der Waals surface area contributed by atoms with Crippen molar-refractivity contribution in [3.8, 4) is 17.1 Å². The summed E-state index contributed by atoms with van der Waals surface area (Å²) in [6.45, 7) is -0.0305. The van der Waals surface area contributed by atoms with Crippen LogP contribution in [0.5, 0.6) is 5.75 Å². The van der Waals surface area contributed by atoms with Crippen LogP contribution in [0.1, 0.15) is 12.3 Å². The molecule has 142 valence electrons. The Morgan fingerprint density at radius 1 is 1.11 bits per heavy atom. The van der Waals surface area contributed by atoms with E-state index < -0.39 is 5.97 Å². The highest BCUT2D eigenvalue weighted by molar-refractivity contribution is 5.99. The van der Waals surface area contributed by atoms with Crippen molar-refractivity contribution < 1.29 is 23.5 Å². The zero-order valence-electron chi connectivity index (χ0n) is 15.0. The van der Waals surface area contributed by atoms with Crippen LogP contribution in [0.4, 0.5) is 5.69 Å². The molecule has 0 bridgehead atoms. The zero-order chi connectivity index (χ0) is 19.3. The highest BCUT2D eigenvalue weighted by Crippen LogP contribution is 2.30. The lowest BCUT2D eigenvalue weighted by Crippen LogP contribution is -2.36.